The second-order valence-corrected chi connectivity index (χ2v) is 6.50. The average molecular weight is 295 g/mol. The molecule has 0 atom stereocenters. The van der Waals surface area contributed by atoms with Crippen molar-refractivity contribution in [3.8, 4) is 0 Å². The summed E-state index contributed by atoms with van der Waals surface area (Å²) < 4.78 is 0.851. The van der Waals surface area contributed by atoms with E-state index in [0.717, 1.165) is 17.4 Å². The van der Waals surface area contributed by atoms with Gasteiger partial charge in [-0.05, 0) is 49.4 Å². The van der Waals surface area contributed by atoms with Crippen LogP contribution in [0.15, 0.2) is 30.3 Å². The normalized spacial score (nSPS) is 10.7. The summed E-state index contributed by atoms with van der Waals surface area (Å²) in [6.45, 7) is 3.96. The average Bonchev–Trinajstić information content (AvgIpc) is 2.77. The van der Waals surface area contributed by atoms with Crippen LogP contribution in [0, 0.1) is 6.92 Å². The zero-order valence-corrected chi connectivity index (χ0v) is 13.1. The summed E-state index contributed by atoms with van der Waals surface area (Å²) in [6.07, 6.45) is 0. The van der Waals surface area contributed by atoms with Crippen LogP contribution in [0.2, 0.25) is 4.34 Å². The fourth-order valence-electron chi connectivity index (χ4n) is 2.07. The first-order valence-electron chi connectivity index (χ1n) is 6.29. The molecule has 0 saturated carbocycles. The Bertz CT molecular complexity index is 551. The van der Waals surface area contributed by atoms with Crippen molar-refractivity contribution in [2.45, 2.75) is 20.0 Å². The van der Waals surface area contributed by atoms with Gasteiger partial charge >= 0.3 is 0 Å². The number of anilines is 1. The number of hydrogen-bond acceptors (Lipinski definition) is 3. The van der Waals surface area contributed by atoms with E-state index >= 15 is 0 Å². The first kappa shape index (κ1) is 14.4. The first-order valence-corrected chi connectivity index (χ1v) is 7.49. The van der Waals surface area contributed by atoms with Gasteiger partial charge in [0.1, 0.15) is 0 Å². The van der Waals surface area contributed by atoms with Crippen LogP contribution in [0.5, 0.6) is 0 Å². The largest absolute Gasteiger partial charge is 0.369 e. The molecule has 1 N–H and O–H groups in total. The maximum absolute atomic E-state index is 5.96. The Morgan fingerprint density at radius 3 is 2.63 bits per heavy atom. The number of benzene rings is 1. The molecule has 0 aliphatic carbocycles. The van der Waals surface area contributed by atoms with Crippen molar-refractivity contribution in [2.75, 3.05) is 19.0 Å². The van der Waals surface area contributed by atoms with Crippen molar-refractivity contribution in [3.05, 3.63) is 50.7 Å². The number of nitrogens with one attached hydrogen (secondary N) is 1. The van der Waals surface area contributed by atoms with Gasteiger partial charge in [-0.2, -0.15) is 0 Å². The number of aryl methyl sites for hydroxylation is 1. The molecule has 2 rings (SSSR count). The topological polar surface area (TPSA) is 15.3 Å². The van der Waals surface area contributed by atoms with E-state index in [1.807, 2.05) is 13.1 Å². The van der Waals surface area contributed by atoms with Crippen molar-refractivity contribution >= 4 is 28.6 Å². The minimum absolute atomic E-state index is 0.851. The minimum Gasteiger partial charge on any atom is -0.369 e. The standard InChI is InChI=1S/C15H19ClN2S/c1-11-8-13(5-4-12(11)9-17-2)18(3)10-14-6-7-15(16)19-14/h4-8,17H,9-10H2,1-3H3. The summed E-state index contributed by atoms with van der Waals surface area (Å²) in [4.78, 5) is 3.53. The Morgan fingerprint density at radius 2 is 2.05 bits per heavy atom. The zero-order valence-electron chi connectivity index (χ0n) is 11.5. The molecule has 0 aliphatic rings. The van der Waals surface area contributed by atoms with Crippen molar-refractivity contribution in [1.82, 2.24) is 5.32 Å². The van der Waals surface area contributed by atoms with E-state index in [0.29, 0.717) is 0 Å². The predicted octanol–water partition coefficient (Wildman–Crippen LogP) is 4.07. The molecule has 0 amide bonds. The Labute approximate surface area is 124 Å². The third-order valence-electron chi connectivity index (χ3n) is 3.16. The Balaban J connectivity index is 2.10. The van der Waals surface area contributed by atoms with Crippen LogP contribution < -0.4 is 10.2 Å². The van der Waals surface area contributed by atoms with Gasteiger partial charge < -0.3 is 10.2 Å². The number of thiophene rings is 1. The molecule has 1 heterocycles. The van der Waals surface area contributed by atoms with Gasteiger partial charge in [-0.3, -0.25) is 0 Å². The van der Waals surface area contributed by atoms with E-state index in [1.165, 1.54) is 21.7 Å². The van der Waals surface area contributed by atoms with Crippen LogP contribution in [-0.4, -0.2) is 14.1 Å². The molecule has 0 radical (unpaired) electrons. The highest BCUT2D eigenvalue weighted by Crippen LogP contribution is 2.25. The molecule has 2 aromatic rings. The second-order valence-electron chi connectivity index (χ2n) is 4.70. The van der Waals surface area contributed by atoms with Crippen LogP contribution in [0.3, 0.4) is 0 Å². The summed E-state index contributed by atoms with van der Waals surface area (Å²) >= 11 is 7.60. The summed E-state index contributed by atoms with van der Waals surface area (Å²) in [5, 5.41) is 3.19. The minimum atomic E-state index is 0.851. The van der Waals surface area contributed by atoms with Gasteiger partial charge in [-0.25, -0.2) is 0 Å². The molecular formula is C15H19ClN2S. The van der Waals surface area contributed by atoms with Gasteiger partial charge in [0.25, 0.3) is 0 Å². The first-order chi connectivity index (χ1) is 9.10. The van der Waals surface area contributed by atoms with Crippen LogP contribution >= 0.6 is 22.9 Å². The smallest absolute Gasteiger partial charge is 0.0931 e. The Morgan fingerprint density at radius 1 is 1.26 bits per heavy atom. The van der Waals surface area contributed by atoms with Crippen LogP contribution in [0.25, 0.3) is 0 Å². The Kier molecular flexibility index (Phi) is 4.86. The molecule has 1 aromatic carbocycles. The van der Waals surface area contributed by atoms with Crippen LogP contribution in [-0.2, 0) is 13.1 Å². The second kappa shape index (κ2) is 6.42. The Hall–Kier alpha value is -1.03. The van der Waals surface area contributed by atoms with Crippen molar-refractivity contribution in [1.29, 1.82) is 0 Å². The van der Waals surface area contributed by atoms with E-state index in [-0.39, 0.29) is 0 Å². The van der Waals surface area contributed by atoms with Gasteiger partial charge in [-0.1, -0.05) is 17.7 Å². The third-order valence-corrected chi connectivity index (χ3v) is 4.37. The third kappa shape index (κ3) is 3.72. The fourth-order valence-corrected chi connectivity index (χ4v) is 3.21. The molecule has 102 valence electrons. The predicted molar refractivity (Wildman–Crippen MR) is 85.4 cm³/mol. The lowest BCUT2D eigenvalue weighted by atomic mass is 10.1. The number of rotatable bonds is 5. The lowest BCUT2D eigenvalue weighted by Crippen LogP contribution is -2.16. The van der Waals surface area contributed by atoms with Crippen molar-refractivity contribution in [2.24, 2.45) is 0 Å². The molecular weight excluding hydrogens is 276 g/mol. The van der Waals surface area contributed by atoms with Crippen LogP contribution in [0.1, 0.15) is 16.0 Å². The molecule has 0 spiro atoms. The van der Waals surface area contributed by atoms with Gasteiger partial charge in [0.15, 0.2) is 0 Å². The lowest BCUT2D eigenvalue weighted by molar-refractivity contribution is 0.811. The number of halogens is 1. The number of nitrogens with zero attached hydrogens (tertiary/aromatic N) is 1. The van der Waals surface area contributed by atoms with E-state index in [9.17, 15) is 0 Å². The lowest BCUT2D eigenvalue weighted by Gasteiger charge is -2.20. The van der Waals surface area contributed by atoms with E-state index in [4.69, 9.17) is 11.6 Å². The summed E-state index contributed by atoms with van der Waals surface area (Å²) in [7, 11) is 4.08. The molecule has 0 bridgehead atoms. The quantitative estimate of drug-likeness (QED) is 0.894. The van der Waals surface area contributed by atoms with Crippen molar-refractivity contribution < 1.29 is 0 Å². The summed E-state index contributed by atoms with van der Waals surface area (Å²) in [5.74, 6) is 0. The molecule has 1 aromatic heterocycles. The molecule has 4 heteroatoms. The zero-order chi connectivity index (χ0) is 13.8. The highest BCUT2D eigenvalue weighted by atomic mass is 35.5. The van der Waals surface area contributed by atoms with Gasteiger partial charge in [0.05, 0.1) is 10.9 Å². The number of hydrogen-bond donors (Lipinski definition) is 1. The maximum atomic E-state index is 5.96. The summed E-state index contributed by atoms with van der Waals surface area (Å²) in [6, 6.07) is 10.7. The molecule has 0 unspecified atom stereocenters. The highest BCUT2D eigenvalue weighted by molar-refractivity contribution is 7.16. The monoisotopic (exact) mass is 294 g/mol. The van der Waals surface area contributed by atoms with E-state index < -0.39 is 0 Å². The fraction of sp³-hybridized carbons (Fsp3) is 0.333. The molecule has 0 saturated heterocycles. The molecule has 19 heavy (non-hydrogen) atoms. The molecule has 0 aliphatic heterocycles. The summed E-state index contributed by atoms with van der Waals surface area (Å²) in [5.41, 5.74) is 3.91. The molecule has 2 nitrogen and oxygen atoms in total. The molecule has 0 fully saturated rings. The van der Waals surface area contributed by atoms with Gasteiger partial charge in [0, 0.05) is 24.2 Å². The van der Waals surface area contributed by atoms with Gasteiger partial charge in [-0.15, -0.1) is 11.3 Å². The van der Waals surface area contributed by atoms with Crippen LogP contribution in [0.4, 0.5) is 5.69 Å². The van der Waals surface area contributed by atoms with E-state index in [2.05, 4.69) is 48.5 Å². The SMILES string of the molecule is CNCc1ccc(N(C)Cc2ccc(Cl)s2)cc1C. The van der Waals surface area contributed by atoms with Gasteiger partial charge in [0.2, 0.25) is 0 Å². The van der Waals surface area contributed by atoms with Crippen molar-refractivity contribution in [3.63, 3.8) is 0 Å². The maximum Gasteiger partial charge on any atom is 0.0931 e. The highest BCUT2D eigenvalue weighted by Gasteiger charge is 2.06. The van der Waals surface area contributed by atoms with E-state index in [1.54, 1.807) is 11.3 Å².